The first-order valence-corrected chi connectivity index (χ1v) is 5.39. The van der Waals surface area contributed by atoms with Crippen LogP contribution in [0.4, 0.5) is 0 Å². The SMILES string of the molecule is C[C@H]1C[C@H](C)CC(CN)(CC(=O)O)C1. The second kappa shape index (κ2) is 4.30. The highest BCUT2D eigenvalue weighted by Crippen LogP contribution is 2.43. The van der Waals surface area contributed by atoms with Crippen molar-refractivity contribution in [1.29, 1.82) is 0 Å². The van der Waals surface area contributed by atoms with Gasteiger partial charge in [0.25, 0.3) is 0 Å². The van der Waals surface area contributed by atoms with Crippen molar-refractivity contribution < 1.29 is 9.90 Å². The van der Waals surface area contributed by atoms with E-state index in [2.05, 4.69) is 13.8 Å². The van der Waals surface area contributed by atoms with Crippen molar-refractivity contribution in [3.05, 3.63) is 0 Å². The van der Waals surface area contributed by atoms with Gasteiger partial charge in [-0.15, -0.1) is 0 Å². The Morgan fingerprint density at radius 1 is 1.43 bits per heavy atom. The minimum Gasteiger partial charge on any atom is -0.481 e. The molecule has 0 aromatic carbocycles. The first-order valence-electron chi connectivity index (χ1n) is 5.39. The number of aliphatic carboxylic acids is 1. The van der Waals surface area contributed by atoms with Crippen LogP contribution in [0.25, 0.3) is 0 Å². The van der Waals surface area contributed by atoms with Crippen LogP contribution >= 0.6 is 0 Å². The lowest BCUT2D eigenvalue weighted by atomic mass is 9.65. The molecule has 1 fully saturated rings. The predicted molar refractivity (Wildman–Crippen MR) is 55.9 cm³/mol. The van der Waals surface area contributed by atoms with Crippen molar-refractivity contribution in [3.8, 4) is 0 Å². The lowest BCUT2D eigenvalue weighted by Crippen LogP contribution is -2.39. The number of nitrogens with two attached hydrogens (primary N) is 1. The summed E-state index contributed by atoms with van der Waals surface area (Å²) in [6, 6.07) is 0. The Labute approximate surface area is 85.7 Å². The third kappa shape index (κ3) is 2.71. The van der Waals surface area contributed by atoms with E-state index in [-0.39, 0.29) is 11.8 Å². The zero-order valence-electron chi connectivity index (χ0n) is 9.12. The monoisotopic (exact) mass is 199 g/mol. The van der Waals surface area contributed by atoms with Crippen molar-refractivity contribution in [2.45, 2.75) is 39.5 Å². The molecule has 0 amide bonds. The molecule has 0 saturated heterocycles. The van der Waals surface area contributed by atoms with Crippen molar-refractivity contribution >= 4 is 5.97 Å². The Balaban J connectivity index is 2.71. The fourth-order valence-electron chi connectivity index (χ4n) is 3.12. The average molecular weight is 199 g/mol. The topological polar surface area (TPSA) is 63.3 Å². The van der Waals surface area contributed by atoms with Gasteiger partial charge in [-0.2, -0.15) is 0 Å². The van der Waals surface area contributed by atoms with Crippen molar-refractivity contribution in [2.75, 3.05) is 6.54 Å². The van der Waals surface area contributed by atoms with E-state index < -0.39 is 5.97 Å². The quantitative estimate of drug-likeness (QED) is 0.729. The Morgan fingerprint density at radius 3 is 2.29 bits per heavy atom. The minimum absolute atomic E-state index is 0.136. The normalized spacial score (nSPS) is 38.2. The predicted octanol–water partition coefficient (Wildman–Crippen LogP) is 1.86. The van der Waals surface area contributed by atoms with E-state index in [1.165, 1.54) is 6.42 Å². The van der Waals surface area contributed by atoms with E-state index in [4.69, 9.17) is 10.8 Å². The minimum atomic E-state index is -0.711. The molecule has 0 bridgehead atoms. The number of carboxylic acids is 1. The van der Waals surface area contributed by atoms with Gasteiger partial charge in [0.15, 0.2) is 0 Å². The van der Waals surface area contributed by atoms with Crippen molar-refractivity contribution in [1.82, 2.24) is 0 Å². The number of hydrogen-bond donors (Lipinski definition) is 2. The highest BCUT2D eigenvalue weighted by molar-refractivity contribution is 5.67. The summed E-state index contributed by atoms with van der Waals surface area (Å²) in [7, 11) is 0. The zero-order chi connectivity index (χ0) is 10.8. The molecule has 82 valence electrons. The van der Waals surface area contributed by atoms with Gasteiger partial charge in [0, 0.05) is 0 Å². The smallest absolute Gasteiger partial charge is 0.303 e. The summed E-state index contributed by atoms with van der Waals surface area (Å²) in [5.41, 5.74) is 5.61. The second-order valence-corrected chi connectivity index (χ2v) is 5.13. The molecule has 1 aliphatic rings. The summed E-state index contributed by atoms with van der Waals surface area (Å²) < 4.78 is 0. The van der Waals surface area contributed by atoms with E-state index in [0.29, 0.717) is 18.4 Å². The van der Waals surface area contributed by atoms with Gasteiger partial charge in [0.2, 0.25) is 0 Å². The Morgan fingerprint density at radius 2 is 1.93 bits per heavy atom. The third-order valence-electron chi connectivity index (χ3n) is 3.33. The van der Waals surface area contributed by atoms with Gasteiger partial charge >= 0.3 is 5.97 Å². The summed E-state index contributed by atoms with van der Waals surface area (Å²) in [5, 5.41) is 8.88. The van der Waals surface area contributed by atoms with E-state index in [1.54, 1.807) is 0 Å². The van der Waals surface area contributed by atoms with Crippen molar-refractivity contribution in [2.24, 2.45) is 23.0 Å². The zero-order valence-corrected chi connectivity index (χ0v) is 9.12. The van der Waals surface area contributed by atoms with Crippen molar-refractivity contribution in [3.63, 3.8) is 0 Å². The number of carbonyl (C=O) groups is 1. The fraction of sp³-hybridized carbons (Fsp3) is 0.909. The second-order valence-electron chi connectivity index (χ2n) is 5.13. The molecule has 0 aliphatic heterocycles. The maximum Gasteiger partial charge on any atom is 0.303 e. The van der Waals surface area contributed by atoms with Crippen LogP contribution in [0.3, 0.4) is 0 Å². The van der Waals surface area contributed by atoms with Gasteiger partial charge < -0.3 is 10.8 Å². The van der Waals surface area contributed by atoms with Gasteiger partial charge in [-0.3, -0.25) is 4.79 Å². The Bertz CT molecular complexity index is 205. The van der Waals surface area contributed by atoms with Crippen LogP contribution in [-0.4, -0.2) is 17.6 Å². The van der Waals surface area contributed by atoms with Gasteiger partial charge in [0.1, 0.15) is 0 Å². The molecule has 0 heterocycles. The highest BCUT2D eigenvalue weighted by atomic mass is 16.4. The summed E-state index contributed by atoms with van der Waals surface area (Å²) in [5.74, 6) is 0.514. The fourth-order valence-corrected chi connectivity index (χ4v) is 3.12. The molecule has 0 radical (unpaired) electrons. The summed E-state index contributed by atoms with van der Waals surface area (Å²) in [6.07, 6.45) is 3.39. The van der Waals surface area contributed by atoms with Crippen LogP contribution in [-0.2, 0) is 4.79 Å². The molecule has 1 rings (SSSR count). The first kappa shape index (κ1) is 11.5. The molecule has 0 spiro atoms. The lowest BCUT2D eigenvalue weighted by molar-refractivity contribution is -0.140. The molecule has 2 atom stereocenters. The summed E-state index contributed by atoms with van der Waals surface area (Å²) >= 11 is 0. The molecule has 0 aromatic heterocycles. The molecule has 3 heteroatoms. The molecule has 3 N–H and O–H groups in total. The van der Waals surface area contributed by atoms with Crippen LogP contribution in [0.2, 0.25) is 0 Å². The third-order valence-corrected chi connectivity index (χ3v) is 3.33. The Hall–Kier alpha value is -0.570. The average Bonchev–Trinajstić information content (AvgIpc) is 2.00. The Kier molecular flexibility index (Phi) is 3.53. The molecule has 0 aromatic rings. The maximum absolute atomic E-state index is 10.8. The van der Waals surface area contributed by atoms with Crippen LogP contribution < -0.4 is 5.73 Å². The number of hydrogen-bond acceptors (Lipinski definition) is 2. The van der Waals surface area contributed by atoms with E-state index in [1.807, 2.05) is 0 Å². The molecule has 0 unspecified atom stereocenters. The maximum atomic E-state index is 10.8. The van der Waals surface area contributed by atoms with Crippen LogP contribution in [0, 0.1) is 17.3 Å². The van der Waals surface area contributed by atoms with Gasteiger partial charge in [-0.1, -0.05) is 13.8 Å². The molecular formula is C11H21NO2. The molecular weight excluding hydrogens is 178 g/mol. The standard InChI is InChI=1S/C11H21NO2/c1-8-3-9(2)5-11(4-8,7-12)6-10(13)14/h8-9H,3-7,12H2,1-2H3,(H,13,14)/t8-,9-/m0/s1. The molecule has 3 nitrogen and oxygen atoms in total. The lowest BCUT2D eigenvalue weighted by Gasteiger charge is -2.41. The first-order chi connectivity index (χ1) is 6.47. The van der Waals surface area contributed by atoms with E-state index in [0.717, 1.165) is 12.8 Å². The largest absolute Gasteiger partial charge is 0.481 e. The van der Waals surface area contributed by atoms with Gasteiger partial charge in [-0.25, -0.2) is 0 Å². The summed E-state index contributed by atoms with van der Waals surface area (Å²) in [4.78, 5) is 10.8. The van der Waals surface area contributed by atoms with Gasteiger partial charge in [-0.05, 0) is 43.1 Å². The number of rotatable bonds is 3. The van der Waals surface area contributed by atoms with Crippen LogP contribution in [0.5, 0.6) is 0 Å². The van der Waals surface area contributed by atoms with E-state index >= 15 is 0 Å². The van der Waals surface area contributed by atoms with Gasteiger partial charge in [0.05, 0.1) is 6.42 Å². The van der Waals surface area contributed by atoms with E-state index in [9.17, 15) is 4.79 Å². The number of carboxylic acid groups (broad SMARTS) is 1. The van der Waals surface area contributed by atoms with Crippen LogP contribution in [0.1, 0.15) is 39.5 Å². The molecule has 1 aliphatic carbocycles. The summed E-state index contributed by atoms with van der Waals surface area (Å²) in [6.45, 7) is 4.90. The molecule has 1 saturated carbocycles. The molecule has 14 heavy (non-hydrogen) atoms. The van der Waals surface area contributed by atoms with Crippen LogP contribution in [0.15, 0.2) is 0 Å². The highest BCUT2D eigenvalue weighted by Gasteiger charge is 2.38.